The van der Waals surface area contributed by atoms with Crippen LogP contribution in [-0.4, -0.2) is 9.97 Å². The van der Waals surface area contributed by atoms with Crippen molar-refractivity contribution < 1.29 is 0 Å². The van der Waals surface area contributed by atoms with E-state index in [4.69, 9.17) is 9.97 Å². The zero-order chi connectivity index (χ0) is 32.8. The van der Waals surface area contributed by atoms with Crippen molar-refractivity contribution in [1.82, 2.24) is 9.97 Å². The molecule has 3 aliphatic rings. The van der Waals surface area contributed by atoms with Crippen LogP contribution < -0.4 is 0 Å². The highest BCUT2D eigenvalue weighted by Crippen LogP contribution is 2.60. The molecule has 9 rings (SSSR count). The molecule has 49 heavy (non-hydrogen) atoms. The summed E-state index contributed by atoms with van der Waals surface area (Å²) in [7, 11) is 0. The molecule has 1 unspecified atom stereocenters. The zero-order valence-electron chi connectivity index (χ0n) is 28.1. The molecule has 1 heterocycles. The number of hydrogen-bond acceptors (Lipinski definition) is 2. The fourth-order valence-corrected chi connectivity index (χ4v) is 8.57. The summed E-state index contributed by atoms with van der Waals surface area (Å²) < 4.78 is 0. The molecule has 1 spiro atoms. The highest BCUT2D eigenvalue weighted by atomic mass is 14.9. The molecule has 0 bridgehead atoms. The summed E-state index contributed by atoms with van der Waals surface area (Å²) in [5.74, 6) is 1.34. The summed E-state index contributed by atoms with van der Waals surface area (Å²) in [6, 6.07) is 47.8. The van der Waals surface area contributed by atoms with Crippen LogP contribution in [0.5, 0.6) is 0 Å². The van der Waals surface area contributed by atoms with Crippen LogP contribution in [0.25, 0.3) is 61.7 Å². The molecule has 2 heteroatoms. The van der Waals surface area contributed by atoms with Gasteiger partial charge in [0, 0.05) is 22.1 Å². The molecule has 1 aromatic heterocycles. The van der Waals surface area contributed by atoms with Gasteiger partial charge >= 0.3 is 0 Å². The van der Waals surface area contributed by atoms with Crippen LogP contribution in [0.1, 0.15) is 56.6 Å². The lowest BCUT2D eigenvalue weighted by Crippen LogP contribution is -2.29. The van der Waals surface area contributed by atoms with E-state index in [9.17, 15) is 0 Å². The van der Waals surface area contributed by atoms with Gasteiger partial charge in [-0.15, -0.1) is 0 Å². The van der Waals surface area contributed by atoms with Crippen molar-refractivity contribution in [3.63, 3.8) is 0 Å². The average Bonchev–Trinajstić information content (AvgIpc) is 3.43. The summed E-state index contributed by atoms with van der Waals surface area (Å²) in [6.07, 6.45) is 12.8. The maximum absolute atomic E-state index is 5.12. The van der Waals surface area contributed by atoms with Crippen LogP contribution in [0, 0.1) is 5.92 Å². The molecule has 0 N–H and O–H groups in total. The van der Waals surface area contributed by atoms with Gasteiger partial charge in [-0.05, 0) is 75.8 Å². The summed E-state index contributed by atoms with van der Waals surface area (Å²) in [5.41, 5.74) is 16.4. The Morgan fingerprint density at radius 2 is 1.12 bits per heavy atom. The summed E-state index contributed by atoms with van der Waals surface area (Å²) >= 11 is 0. The standard InChI is InChI=1S/C47H40N2/c1-32-18-27-40-42(30-32)47(28-9-4-10-29-47)41-17-11-16-39(45(40)41)35-21-25-37(26-22-35)44-31-43(48-46(49-44)38-14-7-3-8-15-38)36-23-19-34(20-24-36)33-12-5-2-6-13-33/h2-3,5-8,11-17,19-27,30-32H,4,9-10,18,28-29H2,1H3. The number of nitrogens with zero attached hydrogens (tertiary/aromatic N) is 2. The van der Waals surface area contributed by atoms with Gasteiger partial charge in [0.25, 0.3) is 0 Å². The summed E-state index contributed by atoms with van der Waals surface area (Å²) in [6.45, 7) is 2.38. The van der Waals surface area contributed by atoms with Crippen molar-refractivity contribution in [1.29, 1.82) is 0 Å². The molecule has 1 atom stereocenters. The van der Waals surface area contributed by atoms with Crippen LogP contribution in [0.2, 0.25) is 0 Å². The minimum Gasteiger partial charge on any atom is -0.228 e. The predicted octanol–water partition coefficient (Wildman–Crippen LogP) is 12.4. The van der Waals surface area contributed by atoms with E-state index in [1.54, 1.807) is 11.1 Å². The normalized spacial score (nSPS) is 17.6. The molecule has 5 aromatic carbocycles. The van der Waals surface area contributed by atoms with Crippen LogP contribution in [-0.2, 0) is 5.41 Å². The molecule has 0 aliphatic heterocycles. The molecule has 0 radical (unpaired) electrons. The largest absolute Gasteiger partial charge is 0.228 e. The van der Waals surface area contributed by atoms with Crippen molar-refractivity contribution in [3.8, 4) is 56.2 Å². The van der Waals surface area contributed by atoms with Gasteiger partial charge < -0.3 is 0 Å². The van der Waals surface area contributed by atoms with Gasteiger partial charge in [-0.25, -0.2) is 9.97 Å². The van der Waals surface area contributed by atoms with Crippen molar-refractivity contribution in [2.45, 2.75) is 50.9 Å². The Bertz CT molecular complexity index is 2200. The number of allylic oxidation sites excluding steroid dienone is 4. The molecular formula is C47H40N2. The lowest BCUT2D eigenvalue weighted by Gasteiger charge is -2.37. The van der Waals surface area contributed by atoms with E-state index in [0.717, 1.165) is 40.3 Å². The molecule has 0 amide bonds. The Morgan fingerprint density at radius 1 is 0.551 bits per heavy atom. The molecule has 0 saturated heterocycles. The van der Waals surface area contributed by atoms with Crippen molar-refractivity contribution in [2.24, 2.45) is 5.92 Å². The van der Waals surface area contributed by atoms with E-state index in [2.05, 4.69) is 134 Å². The minimum atomic E-state index is 0.189. The monoisotopic (exact) mass is 632 g/mol. The highest BCUT2D eigenvalue weighted by Gasteiger charge is 2.47. The Kier molecular flexibility index (Phi) is 7.46. The first kappa shape index (κ1) is 29.8. The van der Waals surface area contributed by atoms with E-state index in [1.165, 1.54) is 65.5 Å². The number of rotatable bonds is 5. The molecule has 1 saturated carbocycles. The number of benzene rings is 5. The third-order valence-electron chi connectivity index (χ3n) is 11.0. The number of aromatic nitrogens is 2. The van der Waals surface area contributed by atoms with E-state index >= 15 is 0 Å². The quantitative estimate of drug-likeness (QED) is 0.189. The first-order valence-electron chi connectivity index (χ1n) is 17.9. The number of hydrogen-bond donors (Lipinski definition) is 0. The molecule has 238 valence electrons. The Balaban J connectivity index is 1.11. The smallest absolute Gasteiger partial charge is 0.160 e. The third kappa shape index (κ3) is 5.27. The van der Waals surface area contributed by atoms with Crippen LogP contribution >= 0.6 is 0 Å². The van der Waals surface area contributed by atoms with Gasteiger partial charge in [-0.2, -0.15) is 0 Å². The topological polar surface area (TPSA) is 25.8 Å². The molecular weight excluding hydrogens is 593 g/mol. The summed E-state index contributed by atoms with van der Waals surface area (Å²) in [4.78, 5) is 10.2. The van der Waals surface area contributed by atoms with Crippen molar-refractivity contribution >= 4 is 5.57 Å². The second-order valence-corrected chi connectivity index (χ2v) is 14.1. The van der Waals surface area contributed by atoms with Crippen LogP contribution in [0.3, 0.4) is 0 Å². The van der Waals surface area contributed by atoms with Crippen LogP contribution in [0.15, 0.2) is 151 Å². The van der Waals surface area contributed by atoms with E-state index in [0.29, 0.717) is 5.92 Å². The van der Waals surface area contributed by atoms with Crippen LogP contribution in [0.4, 0.5) is 0 Å². The van der Waals surface area contributed by atoms with Gasteiger partial charge in [-0.1, -0.05) is 166 Å². The zero-order valence-corrected chi connectivity index (χ0v) is 28.1. The van der Waals surface area contributed by atoms with Gasteiger partial charge in [0.15, 0.2) is 5.82 Å². The fraction of sp³-hybridized carbons (Fsp3) is 0.191. The first-order valence-corrected chi connectivity index (χ1v) is 17.9. The second-order valence-electron chi connectivity index (χ2n) is 14.1. The predicted molar refractivity (Wildman–Crippen MR) is 204 cm³/mol. The molecule has 2 nitrogen and oxygen atoms in total. The first-order chi connectivity index (χ1) is 24.2. The summed E-state index contributed by atoms with van der Waals surface area (Å²) in [5, 5.41) is 0. The van der Waals surface area contributed by atoms with E-state index < -0.39 is 0 Å². The highest BCUT2D eigenvalue weighted by molar-refractivity contribution is 5.97. The Morgan fingerprint density at radius 3 is 1.78 bits per heavy atom. The van der Waals surface area contributed by atoms with Gasteiger partial charge in [0.1, 0.15) is 0 Å². The maximum atomic E-state index is 5.12. The second kappa shape index (κ2) is 12.3. The van der Waals surface area contributed by atoms with Gasteiger partial charge in [0.2, 0.25) is 0 Å². The molecule has 3 aliphatic carbocycles. The lowest BCUT2D eigenvalue weighted by molar-refractivity contribution is 0.350. The minimum absolute atomic E-state index is 0.189. The van der Waals surface area contributed by atoms with E-state index in [1.807, 2.05) is 18.2 Å². The SMILES string of the molecule is CC1C=C2C(=CC1)c1c(-c3ccc(-c4cc(-c5ccc(-c6ccccc6)cc5)nc(-c5ccccc5)n4)cc3)cccc1C21CCCCC1. The fourth-order valence-electron chi connectivity index (χ4n) is 8.57. The van der Waals surface area contributed by atoms with Crippen molar-refractivity contribution in [3.05, 3.63) is 162 Å². The van der Waals surface area contributed by atoms with E-state index in [-0.39, 0.29) is 5.41 Å². The third-order valence-corrected chi connectivity index (χ3v) is 11.0. The maximum Gasteiger partial charge on any atom is 0.160 e. The van der Waals surface area contributed by atoms with Gasteiger partial charge in [-0.3, -0.25) is 0 Å². The average molecular weight is 633 g/mol. The van der Waals surface area contributed by atoms with Gasteiger partial charge in [0.05, 0.1) is 11.4 Å². The number of fused-ring (bicyclic) bond motifs is 5. The Labute approximate surface area is 290 Å². The molecule has 1 fully saturated rings. The Hall–Kier alpha value is -5.34. The molecule has 6 aromatic rings. The van der Waals surface area contributed by atoms with Crippen molar-refractivity contribution in [2.75, 3.05) is 0 Å². The lowest BCUT2D eigenvalue weighted by atomic mass is 9.66.